The Balaban J connectivity index is 1.94. The molecule has 0 fully saturated rings. The van der Waals surface area contributed by atoms with Crippen LogP contribution in [0.5, 0.6) is 11.5 Å². The van der Waals surface area contributed by atoms with E-state index in [0.29, 0.717) is 30.3 Å². The zero-order chi connectivity index (χ0) is 21.2. The fourth-order valence-corrected chi connectivity index (χ4v) is 3.07. The van der Waals surface area contributed by atoms with Crippen LogP contribution in [-0.4, -0.2) is 43.5 Å². The number of nitrogens with one attached hydrogen (secondary N) is 1. The first-order valence-electron chi connectivity index (χ1n) is 9.47. The number of hydrogen-bond acceptors (Lipinski definition) is 4. The van der Waals surface area contributed by atoms with Crippen molar-refractivity contribution >= 4 is 23.4 Å². The van der Waals surface area contributed by atoms with Crippen LogP contribution in [0.1, 0.15) is 25.3 Å². The Bertz CT molecular complexity index is 811. The molecule has 6 nitrogen and oxygen atoms in total. The van der Waals surface area contributed by atoms with Gasteiger partial charge in [-0.25, -0.2) is 0 Å². The molecule has 0 aliphatic carbocycles. The van der Waals surface area contributed by atoms with E-state index in [1.165, 1.54) is 0 Å². The second kappa shape index (κ2) is 11.3. The number of methoxy groups -OCH3 is 1. The van der Waals surface area contributed by atoms with Gasteiger partial charge in [0.25, 0.3) is 0 Å². The van der Waals surface area contributed by atoms with Gasteiger partial charge in [-0.3, -0.25) is 9.59 Å². The molecule has 0 heterocycles. The number of rotatable bonds is 10. The molecule has 0 aliphatic heterocycles. The molecule has 7 heteroatoms. The summed E-state index contributed by atoms with van der Waals surface area (Å²) in [5, 5.41) is 3.19. The van der Waals surface area contributed by atoms with Crippen LogP contribution >= 0.6 is 11.6 Å². The van der Waals surface area contributed by atoms with Crippen molar-refractivity contribution < 1.29 is 19.1 Å². The fourth-order valence-electron chi connectivity index (χ4n) is 2.85. The third-order valence-electron chi connectivity index (χ3n) is 4.52. The maximum absolute atomic E-state index is 12.8. The number of ether oxygens (including phenoxy) is 2. The van der Waals surface area contributed by atoms with Gasteiger partial charge in [-0.15, -0.1) is 0 Å². The standard InChI is InChI=1S/C22H27ClN2O4/c1-16(22(27)24-2)25(15-17-6-4-7-18(23)14-17)21(26)8-5-13-29-20-11-9-19(28-3)10-12-20/h4,6-7,9-12,14,16H,5,8,13,15H2,1-3H3,(H,24,27)/t16-/m1/s1. The van der Waals surface area contributed by atoms with Crippen molar-refractivity contribution in [2.75, 3.05) is 20.8 Å². The summed E-state index contributed by atoms with van der Waals surface area (Å²) in [5.41, 5.74) is 0.871. The number of carbonyl (C=O) groups is 2. The van der Waals surface area contributed by atoms with Crippen LogP contribution < -0.4 is 14.8 Å². The highest BCUT2D eigenvalue weighted by atomic mass is 35.5. The minimum atomic E-state index is -0.589. The largest absolute Gasteiger partial charge is 0.497 e. The number of likely N-dealkylation sites (N-methyl/N-ethyl adjacent to an activating group) is 1. The highest BCUT2D eigenvalue weighted by Crippen LogP contribution is 2.18. The zero-order valence-electron chi connectivity index (χ0n) is 17.0. The lowest BCUT2D eigenvalue weighted by Gasteiger charge is -2.28. The molecule has 2 aromatic rings. The van der Waals surface area contributed by atoms with Crippen molar-refractivity contribution in [1.29, 1.82) is 0 Å². The monoisotopic (exact) mass is 418 g/mol. The third-order valence-corrected chi connectivity index (χ3v) is 4.75. The molecule has 0 radical (unpaired) electrons. The van der Waals surface area contributed by atoms with Gasteiger partial charge in [0, 0.05) is 25.0 Å². The van der Waals surface area contributed by atoms with Crippen molar-refractivity contribution in [2.24, 2.45) is 0 Å². The van der Waals surface area contributed by atoms with Gasteiger partial charge in [-0.2, -0.15) is 0 Å². The van der Waals surface area contributed by atoms with E-state index in [9.17, 15) is 9.59 Å². The normalized spacial score (nSPS) is 11.4. The van der Waals surface area contributed by atoms with Crippen molar-refractivity contribution in [3.8, 4) is 11.5 Å². The molecule has 0 aliphatic rings. The summed E-state index contributed by atoms with van der Waals surface area (Å²) in [5.74, 6) is 1.15. The van der Waals surface area contributed by atoms with E-state index >= 15 is 0 Å². The van der Waals surface area contributed by atoms with Gasteiger partial charge in [0.15, 0.2) is 0 Å². The summed E-state index contributed by atoms with van der Waals surface area (Å²) in [4.78, 5) is 26.5. The lowest BCUT2D eigenvalue weighted by atomic mass is 10.1. The highest BCUT2D eigenvalue weighted by molar-refractivity contribution is 6.30. The SMILES string of the molecule is CNC(=O)[C@@H](C)N(Cc1cccc(Cl)c1)C(=O)CCCOc1ccc(OC)cc1. The number of halogens is 1. The van der Waals surface area contributed by atoms with Crippen molar-refractivity contribution in [2.45, 2.75) is 32.4 Å². The Labute approximate surface area is 176 Å². The molecule has 0 saturated carbocycles. The van der Waals surface area contributed by atoms with E-state index in [4.69, 9.17) is 21.1 Å². The Kier molecular flexibility index (Phi) is 8.80. The van der Waals surface area contributed by atoms with Gasteiger partial charge >= 0.3 is 0 Å². The summed E-state index contributed by atoms with van der Waals surface area (Å²) in [7, 11) is 3.17. The van der Waals surface area contributed by atoms with Crippen molar-refractivity contribution in [1.82, 2.24) is 10.2 Å². The number of benzene rings is 2. The first-order valence-corrected chi connectivity index (χ1v) is 9.84. The molecule has 29 heavy (non-hydrogen) atoms. The van der Waals surface area contributed by atoms with E-state index in [2.05, 4.69) is 5.32 Å². The maximum Gasteiger partial charge on any atom is 0.242 e. The topological polar surface area (TPSA) is 67.9 Å². The van der Waals surface area contributed by atoms with Crippen LogP contribution in [0.15, 0.2) is 48.5 Å². The first-order chi connectivity index (χ1) is 13.9. The van der Waals surface area contributed by atoms with E-state index < -0.39 is 6.04 Å². The summed E-state index contributed by atoms with van der Waals surface area (Å²) < 4.78 is 10.8. The molecule has 2 amide bonds. The molecule has 1 N–H and O–H groups in total. The lowest BCUT2D eigenvalue weighted by molar-refractivity contribution is -0.140. The summed E-state index contributed by atoms with van der Waals surface area (Å²) in [6.07, 6.45) is 0.815. The van der Waals surface area contributed by atoms with Crippen LogP contribution in [0, 0.1) is 0 Å². The predicted molar refractivity (Wildman–Crippen MR) is 113 cm³/mol. The number of hydrogen-bond donors (Lipinski definition) is 1. The van der Waals surface area contributed by atoms with Gasteiger partial charge in [0.2, 0.25) is 11.8 Å². The Morgan fingerprint density at radius 1 is 1.14 bits per heavy atom. The minimum absolute atomic E-state index is 0.112. The smallest absolute Gasteiger partial charge is 0.242 e. The second-order valence-electron chi connectivity index (χ2n) is 6.57. The molecular weight excluding hydrogens is 392 g/mol. The zero-order valence-corrected chi connectivity index (χ0v) is 17.7. The number of nitrogens with zero attached hydrogens (tertiary/aromatic N) is 1. The Hall–Kier alpha value is -2.73. The molecule has 0 bridgehead atoms. The molecular formula is C22H27ClN2O4. The molecule has 0 spiro atoms. The summed E-state index contributed by atoms with van der Waals surface area (Å²) in [6, 6.07) is 14.0. The van der Waals surface area contributed by atoms with E-state index in [1.54, 1.807) is 38.1 Å². The molecule has 156 valence electrons. The summed E-state index contributed by atoms with van der Waals surface area (Å²) in [6.45, 7) is 2.43. The predicted octanol–water partition coefficient (Wildman–Crippen LogP) is 3.67. The Morgan fingerprint density at radius 3 is 2.45 bits per heavy atom. The van der Waals surface area contributed by atoms with Gasteiger partial charge < -0.3 is 19.7 Å². The third kappa shape index (κ3) is 6.98. The molecule has 0 unspecified atom stereocenters. The van der Waals surface area contributed by atoms with E-state index in [1.807, 2.05) is 36.4 Å². The van der Waals surface area contributed by atoms with E-state index in [0.717, 1.165) is 11.3 Å². The van der Waals surface area contributed by atoms with Gasteiger partial charge in [0.1, 0.15) is 17.5 Å². The van der Waals surface area contributed by atoms with Crippen LogP contribution in [0.3, 0.4) is 0 Å². The molecule has 0 saturated heterocycles. The molecule has 2 aromatic carbocycles. The average Bonchev–Trinajstić information content (AvgIpc) is 2.74. The molecule has 1 atom stereocenters. The Morgan fingerprint density at radius 2 is 1.83 bits per heavy atom. The van der Waals surface area contributed by atoms with Gasteiger partial charge in [-0.05, 0) is 55.3 Å². The quantitative estimate of drug-likeness (QED) is 0.598. The average molecular weight is 419 g/mol. The molecule has 2 rings (SSSR count). The first kappa shape index (κ1) is 22.6. The number of amides is 2. The van der Waals surface area contributed by atoms with Crippen LogP contribution in [0.25, 0.3) is 0 Å². The molecule has 0 aromatic heterocycles. The summed E-state index contributed by atoms with van der Waals surface area (Å²) >= 11 is 6.05. The van der Waals surface area contributed by atoms with Crippen LogP contribution in [0.4, 0.5) is 0 Å². The maximum atomic E-state index is 12.8. The van der Waals surface area contributed by atoms with Gasteiger partial charge in [0.05, 0.1) is 13.7 Å². The van der Waals surface area contributed by atoms with Crippen molar-refractivity contribution in [3.63, 3.8) is 0 Å². The van der Waals surface area contributed by atoms with Gasteiger partial charge in [-0.1, -0.05) is 23.7 Å². The van der Waals surface area contributed by atoms with Crippen molar-refractivity contribution in [3.05, 3.63) is 59.1 Å². The lowest BCUT2D eigenvalue weighted by Crippen LogP contribution is -2.46. The minimum Gasteiger partial charge on any atom is -0.497 e. The fraction of sp³-hybridized carbons (Fsp3) is 0.364. The van der Waals surface area contributed by atoms with Crippen LogP contribution in [0.2, 0.25) is 5.02 Å². The highest BCUT2D eigenvalue weighted by Gasteiger charge is 2.25. The second-order valence-corrected chi connectivity index (χ2v) is 7.01. The number of carbonyl (C=O) groups excluding carboxylic acids is 2. The van der Waals surface area contributed by atoms with Crippen LogP contribution in [-0.2, 0) is 16.1 Å². The van der Waals surface area contributed by atoms with E-state index in [-0.39, 0.29) is 18.2 Å².